The number of esters is 5. The second-order valence-corrected chi connectivity index (χ2v) is 21.0. The van der Waals surface area contributed by atoms with Gasteiger partial charge in [-0.1, -0.05) is 169 Å². The zero-order valence-corrected chi connectivity index (χ0v) is 48.5. The Kier molecular flexibility index (Phi) is 48.8. The molecule has 73 heavy (non-hydrogen) atoms. The number of carbonyl (C=O) groups is 6. The van der Waals surface area contributed by atoms with E-state index in [1.807, 2.05) is 6.08 Å². The van der Waals surface area contributed by atoms with Gasteiger partial charge in [0.25, 0.3) is 5.24 Å². The predicted octanol–water partition coefficient (Wildman–Crippen LogP) is 14.4. The molecule has 0 aromatic rings. The van der Waals surface area contributed by atoms with Crippen molar-refractivity contribution in [3.8, 4) is 0 Å². The molecule has 1 amide bonds. The number of amides is 1. The molecule has 14 heteroatoms. The van der Waals surface area contributed by atoms with E-state index in [1.165, 1.54) is 43.9 Å². The summed E-state index contributed by atoms with van der Waals surface area (Å²) in [4.78, 5) is 82.7. The van der Waals surface area contributed by atoms with Crippen molar-refractivity contribution in [1.82, 2.24) is 9.80 Å². The lowest BCUT2D eigenvalue weighted by Crippen LogP contribution is -2.38. The quantitative estimate of drug-likeness (QED) is 0.0246. The molecule has 0 bridgehead atoms. The molecule has 0 N–H and O–H groups in total. The van der Waals surface area contributed by atoms with Gasteiger partial charge in [-0.25, -0.2) is 0 Å². The molecule has 0 aliphatic rings. The maximum absolute atomic E-state index is 13.9. The lowest BCUT2D eigenvalue weighted by Gasteiger charge is -2.27. The van der Waals surface area contributed by atoms with Gasteiger partial charge in [0.15, 0.2) is 0 Å². The molecule has 0 heterocycles. The van der Waals surface area contributed by atoms with E-state index in [2.05, 4.69) is 59.4 Å². The van der Waals surface area contributed by atoms with Gasteiger partial charge in [0, 0.05) is 44.0 Å². The van der Waals surface area contributed by atoms with Crippen molar-refractivity contribution in [3.05, 3.63) is 12.2 Å². The van der Waals surface area contributed by atoms with Crippen LogP contribution >= 0.6 is 11.8 Å². The van der Waals surface area contributed by atoms with Crippen molar-refractivity contribution in [2.24, 2.45) is 17.8 Å². The van der Waals surface area contributed by atoms with Gasteiger partial charge in [-0.2, -0.15) is 0 Å². The monoisotopic (exact) mass is 1050 g/mol. The second kappa shape index (κ2) is 51.0. The minimum atomic E-state index is -0.529. The Morgan fingerprint density at radius 1 is 0.452 bits per heavy atom. The van der Waals surface area contributed by atoms with Gasteiger partial charge in [-0.15, -0.1) is 0 Å². The lowest BCUT2D eigenvalue weighted by molar-refractivity contribution is -0.150. The van der Waals surface area contributed by atoms with Crippen molar-refractivity contribution in [1.29, 1.82) is 0 Å². The van der Waals surface area contributed by atoms with E-state index in [0.29, 0.717) is 37.9 Å². The zero-order valence-electron chi connectivity index (χ0n) is 47.7. The SMILES string of the molecule is CCCCCC/C=C\COC(=O)CCCN(CC(COC(=O)CCCCOC(=O)C(CCCC)CCCCCC)COC(=O)CCCCOC(=O)C(CCCC)CCCCCC)C(=O)SCCCN(CC)CC. The van der Waals surface area contributed by atoms with Gasteiger partial charge < -0.3 is 33.5 Å². The molecular formula is C59H108N2O11S. The molecule has 0 fully saturated rings. The first-order chi connectivity index (χ1) is 35.5. The van der Waals surface area contributed by atoms with E-state index in [9.17, 15) is 28.8 Å². The molecule has 2 atom stereocenters. The third-order valence-electron chi connectivity index (χ3n) is 13.3. The Balaban J connectivity index is 5.73. The Hall–Kier alpha value is -3.13. The van der Waals surface area contributed by atoms with Crippen molar-refractivity contribution >= 4 is 46.8 Å². The number of hydrogen-bond donors (Lipinski definition) is 0. The molecule has 0 spiro atoms. The summed E-state index contributed by atoms with van der Waals surface area (Å²) in [7, 11) is 0. The highest BCUT2D eigenvalue weighted by Gasteiger charge is 2.24. The van der Waals surface area contributed by atoms with Gasteiger partial charge in [-0.05, 0) is 96.7 Å². The molecule has 0 saturated heterocycles. The van der Waals surface area contributed by atoms with Crippen LogP contribution in [0.4, 0.5) is 4.79 Å². The molecule has 13 nitrogen and oxygen atoms in total. The normalized spacial score (nSPS) is 12.7. The average molecular weight is 1050 g/mol. The van der Waals surface area contributed by atoms with E-state index >= 15 is 0 Å². The summed E-state index contributed by atoms with van der Waals surface area (Å²) in [6, 6.07) is 0. The molecule has 0 radical (unpaired) electrons. The number of thioether (sulfide) groups is 1. The van der Waals surface area contributed by atoms with E-state index < -0.39 is 17.9 Å². The van der Waals surface area contributed by atoms with Crippen molar-refractivity contribution in [3.63, 3.8) is 0 Å². The summed E-state index contributed by atoms with van der Waals surface area (Å²) in [5, 5.41) is -0.151. The Labute approximate surface area is 449 Å². The number of carbonyl (C=O) groups excluding carboxylic acids is 6. The highest BCUT2D eigenvalue weighted by atomic mass is 32.2. The predicted molar refractivity (Wildman–Crippen MR) is 298 cm³/mol. The van der Waals surface area contributed by atoms with Crippen LogP contribution in [0.15, 0.2) is 12.2 Å². The van der Waals surface area contributed by atoms with E-state index in [1.54, 1.807) is 4.90 Å². The molecular weight excluding hydrogens is 945 g/mol. The summed E-state index contributed by atoms with van der Waals surface area (Å²) >= 11 is 1.23. The Morgan fingerprint density at radius 3 is 1.41 bits per heavy atom. The number of nitrogens with zero attached hydrogens (tertiary/aromatic N) is 2. The van der Waals surface area contributed by atoms with Gasteiger partial charge in [0.2, 0.25) is 0 Å². The maximum Gasteiger partial charge on any atom is 0.308 e. The average Bonchev–Trinajstić information content (AvgIpc) is 3.38. The standard InChI is InChI=1S/C59H108N2O11S/c1-8-15-20-23-24-25-30-44-68-54(62)41-33-43-61(59(67)73-47-34-42-60(13-6)14-7)48-51(49-71-55(63)39-28-31-45-69-57(65)52(35-18-11-4)37-26-21-16-9-2)50-72-56(64)40-29-32-46-70-58(66)53(36-19-12-5)38-27-22-17-10-3/h25,30,51-53H,8-24,26-29,31-50H2,1-7H3/b30-25-. The second-order valence-electron chi connectivity index (χ2n) is 19.9. The molecule has 0 aromatic heterocycles. The van der Waals surface area contributed by atoms with Crippen LogP contribution in [0, 0.1) is 17.8 Å². The molecule has 426 valence electrons. The van der Waals surface area contributed by atoms with E-state index in [4.69, 9.17) is 23.7 Å². The first-order valence-electron chi connectivity index (χ1n) is 29.6. The fourth-order valence-electron chi connectivity index (χ4n) is 8.49. The third-order valence-corrected chi connectivity index (χ3v) is 14.3. The fourth-order valence-corrected chi connectivity index (χ4v) is 9.29. The summed E-state index contributed by atoms with van der Waals surface area (Å²) < 4.78 is 28.3. The lowest BCUT2D eigenvalue weighted by atomic mass is 9.95. The molecule has 0 aliphatic heterocycles. The smallest absolute Gasteiger partial charge is 0.308 e. The number of unbranched alkanes of at least 4 members (excludes halogenated alkanes) is 14. The van der Waals surface area contributed by atoms with Crippen molar-refractivity contribution in [2.75, 3.05) is 71.5 Å². The van der Waals surface area contributed by atoms with E-state index in [0.717, 1.165) is 129 Å². The van der Waals surface area contributed by atoms with Crippen LogP contribution in [-0.4, -0.2) is 116 Å². The van der Waals surface area contributed by atoms with Gasteiger partial charge in [0.05, 0.1) is 38.3 Å². The van der Waals surface area contributed by atoms with E-state index in [-0.39, 0.29) is 100 Å². The fraction of sp³-hybridized carbons (Fsp3) is 0.864. The topological polar surface area (TPSA) is 155 Å². The molecule has 0 saturated carbocycles. The number of rotatable bonds is 51. The van der Waals surface area contributed by atoms with Crippen LogP contribution in [0.3, 0.4) is 0 Å². The Morgan fingerprint density at radius 2 is 0.918 bits per heavy atom. The summed E-state index contributed by atoms with van der Waals surface area (Å²) in [6.07, 6.45) is 29.5. The largest absolute Gasteiger partial charge is 0.465 e. The highest BCUT2D eigenvalue weighted by molar-refractivity contribution is 8.13. The summed E-state index contributed by atoms with van der Waals surface area (Å²) in [5.41, 5.74) is 0. The third kappa shape index (κ3) is 41.8. The van der Waals surface area contributed by atoms with Crippen molar-refractivity contribution in [2.45, 2.75) is 241 Å². The minimum absolute atomic E-state index is 0.0743. The van der Waals surface area contributed by atoms with Crippen LogP contribution in [0.5, 0.6) is 0 Å². The highest BCUT2D eigenvalue weighted by Crippen LogP contribution is 2.22. The van der Waals surface area contributed by atoms with Gasteiger partial charge >= 0.3 is 29.8 Å². The van der Waals surface area contributed by atoms with Crippen molar-refractivity contribution < 1.29 is 52.5 Å². The Bertz CT molecular complexity index is 1350. The van der Waals surface area contributed by atoms with Crippen LogP contribution in [0.2, 0.25) is 0 Å². The summed E-state index contributed by atoms with van der Waals surface area (Å²) in [6.45, 7) is 18.8. The van der Waals surface area contributed by atoms with Gasteiger partial charge in [-0.3, -0.25) is 28.8 Å². The zero-order chi connectivity index (χ0) is 54.0. The van der Waals surface area contributed by atoms with Crippen LogP contribution in [0.1, 0.15) is 241 Å². The van der Waals surface area contributed by atoms with Crippen LogP contribution < -0.4 is 0 Å². The number of allylic oxidation sites excluding steroid dienone is 1. The minimum Gasteiger partial charge on any atom is -0.465 e. The first kappa shape index (κ1) is 69.9. The van der Waals surface area contributed by atoms with Crippen LogP contribution in [-0.2, 0) is 47.7 Å². The molecule has 2 unspecified atom stereocenters. The van der Waals surface area contributed by atoms with Gasteiger partial charge in [0.1, 0.15) is 6.61 Å². The van der Waals surface area contributed by atoms with Crippen LogP contribution in [0.25, 0.3) is 0 Å². The molecule has 0 aromatic carbocycles. The number of hydrogen-bond acceptors (Lipinski definition) is 13. The molecule has 0 rings (SSSR count). The molecule has 0 aliphatic carbocycles. The maximum atomic E-state index is 13.9. The number of ether oxygens (including phenoxy) is 5. The summed E-state index contributed by atoms with van der Waals surface area (Å²) in [5.74, 6) is -1.55. The first-order valence-corrected chi connectivity index (χ1v) is 30.6.